The fourth-order valence-electron chi connectivity index (χ4n) is 2.44. The molecule has 1 aromatic heterocycles. The van der Waals surface area contributed by atoms with Crippen LogP contribution in [0.25, 0.3) is 0 Å². The minimum absolute atomic E-state index is 0.685. The van der Waals surface area contributed by atoms with E-state index in [1.165, 1.54) is 30.5 Å². The van der Waals surface area contributed by atoms with Gasteiger partial charge in [-0.15, -0.1) is 0 Å². The van der Waals surface area contributed by atoms with Crippen molar-refractivity contribution >= 4 is 5.82 Å². The summed E-state index contributed by atoms with van der Waals surface area (Å²) in [5.41, 5.74) is 2.60. The van der Waals surface area contributed by atoms with E-state index in [4.69, 9.17) is 9.72 Å². The second-order valence-corrected chi connectivity index (χ2v) is 4.75. The molecule has 0 saturated heterocycles. The van der Waals surface area contributed by atoms with Gasteiger partial charge in [-0.1, -0.05) is 6.42 Å². The Labute approximate surface area is 109 Å². The van der Waals surface area contributed by atoms with E-state index in [-0.39, 0.29) is 0 Å². The van der Waals surface area contributed by atoms with E-state index in [9.17, 15) is 0 Å². The van der Waals surface area contributed by atoms with Crippen molar-refractivity contribution in [2.24, 2.45) is 0 Å². The standard InChI is InChI=1S/C14H23N3O/c1-3-15-14-11-7-5-4-6-8-12(11)16-13(17-14)9-10-18-2/h3-10H2,1-2H3,(H,15,16,17). The quantitative estimate of drug-likeness (QED) is 0.814. The maximum Gasteiger partial charge on any atom is 0.133 e. The van der Waals surface area contributed by atoms with Crippen LogP contribution in [0.4, 0.5) is 5.82 Å². The summed E-state index contributed by atoms with van der Waals surface area (Å²) in [5.74, 6) is 1.96. The molecule has 0 unspecified atom stereocenters. The normalized spacial score (nSPS) is 15.0. The van der Waals surface area contributed by atoms with Gasteiger partial charge in [-0.05, 0) is 32.6 Å². The molecule has 18 heavy (non-hydrogen) atoms. The van der Waals surface area contributed by atoms with Crippen LogP contribution in [0.3, 0.4) is 0 Å². The Hall–Kier alpha value is -1.16. The van der Waals surface area contributed by atoms with Crippen molar-refractivity contribution in [3.8, 4) is 0 Å². The van der Waals surface area contributed by atoms with Crippen LogP contribution < -0.4 is 5.32 Å². The number of hydrogen-bond donors (Lipinski definition) is 1. The smallest absolute Gasteiger partial charge is 0.133 e. The number of hydrogen-bond acceptors (Lipinski definition) is 4. The van der Waals surface area contributed by atoms with E-state index in [0.29, 0.717) is 6.61 Å². The van der Waals surface area contributed by atoms with Gasteiger partial charge in [0.2, 0.25) is 0 Å². The van der Waals surface area contributed by atoms with Gasteiger partial charge in [0.05, 0.1) is 6.61 Å². The fourth-order valence-corrected chi connectivity index (χ4v) is 2.44. The van der Waals surface area contributed by atoms with E-state index in [0.717, 1.165) is 37.4 Å². The number of fused-ring (bicyclic) bond motifs is 1. The van der Waals surface area contributed by atoms with Gasteiger partial charge in [-0.3, -0.25) is 0 Å². The molecule has 4 nitrogen and oxygen atoms in total. The summed E-state index contributed by atoms with van der Waals surface area (Å²) < 4.78 is 5.11. The van der Waals surface area contributed by atoms with Crippen LogP contribution in [0.15, 0.2) is 0 Å². The largest absolute Gasteiger partial charge is 0.384 e. The van der Waals surface area contributed by atoms with E-state index in [1.807, 2.05) is 0 Å². The number of aryl methyl sites for hydroxylation is 1. The molecule has 1 aliphatic rings. The first kappa shape index (κ1) is 13.3. The molecular weight excluding hydrogens is 226 g/mol. The predicted octanol–water partition coefficient (Wildman–Crippen LogP) is 2.37. The molecule has 2 rings (SSSR count). The Morgan fingerprint density at radius 3 is 2.78 bits per heavy atom. The van der Waals surface area contributed by atoms with Crippen LogP contribution in [0.1, 0.15) is 43.3 Å². The molecule has 100 valence electrons. The summed E-state index contributed by atoms with van der Waals surface area (Å²) in [6.45, 7) is 3.71. The molecule has 0 spiro atoms. The third-order valence-electron chi connectivity index (χ3n) is 3.35. The molecule has 0 aromatic carbocycles. The number of nitrogens with one attached hydrogen (secondary N) is 1. The highest BCUT2D eigenvalue weighted by atomic mass is 16.5. The van der Waals surface area contributed by atoms with Gasteiger partial charge in [0.15, 0.2) is 0 Å². The molecule has 0 amide bonds. The lowest BCUT2D eigenvalue weighted by Gasteiger charge is -2.14. The molecule has 0 atom stereocenters. The monoisotopic (exact) mass is 249 g/mol. The maximum absolute atomic E-state index is 5.11. The molecule has 1 N–H and O–H groups in total. The van der Waals surface area contributed by atoms with E-state index in [1.54, 1.807) is 7.11 Å². The Morgan fingerprint density at radius 2 is 2.00 bits per heavy atom. The molecule has 0 bridgehead atoms. The first-order valence-electron chi connectivity index (χ1n) is 6.96. The third-order valence-corrected chi connectivity index (χ3v) is 3.35. The van der Waals surface area contributed by atoms with Crippen LogP contribution in [0.2, 0.25) is 0 Å². The lowest BCUT2D eigenvalue weighted by atomic mass is 10.1. The van der Waals surface area contributed by atoms with Crippen LogP contribution >= 0.6 is 0 Å². The number of methoxy groups -OCH3 is 1. The van der Waals surface area contributed by atoms with Crippen LogP contribution in [0, 0.1) is 0 Å². The molecule has 0 aliphatic heterocycles. The second-order valence-electron chi connectivity index (χ2n) is 4.75. The molecule has 4 heteroatoms. The molecule has 1 aliphatic carbocycles. The highest BCUT2D eigenvalue weighted by molar-refractivity contribution is 5.47. The molecular formula is C14H23N3O. The minimum atomic E-state index is 0.685. The zero-order valence-electron chi connectivity index (χ0n) is 11.5. The van der Waals surface area contributed by atoms with Crippen LogP contribution in [0.5, 0.6) is 0 Å². The summed E-state index contributed by atoms with van der Waals surface area (Å²) in [7, 11) is 1.72. The lowest BCUT2D eigenvalue weighted by molar-refractivity contribution is 0.200. The Balaban J connectivity index is 2.29. The van der Waals surface area contributed by atoms with Gasteiger partial charge in [0.1, 0.15) is 11.6 Å². The van der Waals surface area contributed by atoms with Gasteiger partial charge in [0.25, 0.3) is 0 Å². The van der Waals surface area contributed by atoms with Crippen LogP contribution in [-0.4, -0.2) is 30.2 Å². The molecule has 0 radical (unpaired) electrons. The molecule has 0 saturated carbocycles. The van der Waals surface area contributed by atoms with E-state index >= 15 is 0 Å². The lowest BCUT2D eigenvalue weighted by Crippen LogP contribution is -2.12. The third kappa shape index (κ3) is 3.19. The number of nitrogens with zero attached hydrogens (tertiary/aromatic N) is 2. The van der Waals surface area contributed by atoms with Crippen LogP contribution in [-0.2, 0) is 24.0 Å². The summed E-state index contributed by atoms with van der Waals surface area (Å²) in [6.07, 6.45) is 6.81. The van der Waals surface area contributed by atoms with Crippen molar-refractivity contribution in [1.29, 1.82) is 0 Å². The Morgan fingerprint density at radius 1 is 1.17 bits per heavy atom. The van der Waals surface area contributed by atoms with Gasteiger partial charge >= 0.3 is 0 Å². The predicted molar refractivity (Wildman–Crippen MR) is 73.0 cm³/mol. The number of anilines is 1. The number of ether oxygens (including phenoxy) is 1. The Kier molecular flexibility index (Phi) is 4.93. The van der Waals surface area contributed by atoms with Crippen molar-refractivity contribution in [1.82, 2.24) is 9.97 Å². The maximum atomic E-state index is 5.11. The van der Waals surface area contributed by atoms with Crippen molar-refractivity contribution in [2.45, 2.75) is 45.4 Å². The van der Waals surface area contributed by atoms with Crippen molar-refractivity contribution < 1.29 is 4.74 Å². The first-order valence-corrected chi connectivity index (χ1v) is 6.96. The zero-order chi connectivity index (χ0) is 12.8. The van der Waals surface area contributed by atoms with Gasteiger partial charge < -0.3 is 10.1 Å². The minimum Gasteiger partial charge on any atom is -0.384 e. The van der Waals surface area contributed by atoms with E-state index < -0.39 is 0 Å². The SMILES string of the molecule is CCNc1nc(CCOC)nc2c1CCCCC2. The summed E-state index contributed by atoms with van der Waals surface area (Å²) >= 11 is 0. The van der Waals surface area contributed by atoms with Gasteiger partial charge in [-0.25, -0.2) is 9.97 Å². The molecule has 0 fully saturated rings. The molecule has 1 aromatic rings. The number of rotatable bonds is 5. The highest BCUT2D eigenvalue weighted by Gasteiger charge is 2.16. The van der Waals surface area contributed by atoms with Crippen molar-refractivity contribution in [3.05, 3.63) is 17.1 Å². The summed E-state index contributed by atoms with van der Waals surface area (Å²) in [4.78, 5) is 9.38. The van der Waals surface area contributed by atoms with Gasteiger partial charge in [0, 0.05) is 31.3 Å². The number of aromatic nitrogens is 2. The van der Waals surface area contributed by atoms with Crippen molar-refractivity contribution in [2.75, 3.05) is 25.6 Å². The second kappa shape index (κ2) is 6.69. The highest BCUT2D eigenvalue weighted by Crippen LogP contribution is 2.24. The van der Waals surface area contributed by atoms with Crippen molar-refractivity contribution in [3.63, 3.8) is 0 Å². The zero-order valence-corrected chi connectivity index (χ0v) is 11.5. The van der Waals surface area contributed by atoms with Gasteiger partial charge in [-0.2, -0.15) is 0 Å². The van der Waals surface area contributed by atoms with E-state index in [2.05, 4.69) is 17.2 Å². The molecule has 1 heterocycles. The topological polar surface area (TPSA) is 47.0 Å². The Bertz CT molecular complexity index is 393. The average Bonchev–Trinajstić information content (AvgIpc) is 2.62. The fraction of sp³-hybridized carbons (Fsp3) is 0.714. The summed E-state index contributed by atoms with van der Waals surface area (Å²) in [5, 5.41) is 3.39. The average molecular weight is 249 g/mol. The first-order chi connectivity index (χ1) is 8.85. The summed E-state index contributed by atoms with van der Waals surface area (Å²) in [6, 6.07) is 0.